The van der Waals surface area contributed by atoms with Crippen LogP contribution in [0.25, 0.3) is 10.9 Å². The summed E-state index contributed by atoms with van der Waals surface area (Å²) in [6.07, 6.45) is 1.44. The van der Waals surface area contributed by atoms with Gasteiger partial charge in [0.2, 0.25) is 0 Å². The smallest absolute Gasteiger partial charge is 0.341 e. The van der Waals surface area contributed by atoms with E-state index in [1.165, 1.54) is 18.3 Å². The fraction of sp³-hybridized carbons (Fsp3) is 0.150. The minimum Gasteiger partial charge on any atom is -0.545 e. The Hall–Kier alpha value is -3.12. The van der Waals surface area contributed by atoms with Crippen molar-refractivity contribution in [2.75, 3.05) is 11.9 Å². The van der Waals surface area contributed by atoms with E-state index in [1.807, 2.05) is 6.92 Å². The van der Waals surface area contributed by atoms with Gasteiger partial charge in [-0.2, -0.15) is 0 Å². The summed E-state index contributed by atoms with van der Waals surface area (Å²) in [6.45, 7) is 3.79. The number of ether oxygens (including phenoxy) is 1. The Labute approximate surface area is 160 Å². The predicted molar refractivity (Wildman–Crippen MR) is 102 cm³/mol. The molecule has 3 aromatic rings. The summed E-state index contributed by atoms with van der Waals surface area (Å²) in [5.74, 6) is -1.83. The molecule has 1 aromatic heterocycles. The van der Waals surface area contributed by atoms with Crippen molar-refractivity contribution in [1.82, 2.24) is 4.98 Å². The zero-order valence-electron chi connectivity index (χ0n) is 14.7. The maximum Gasteiger partial charge on any atom is 0.341 e. The zero-order valence-corrected chi connectivity index (χ0v) is 15.5. The van der Waals surface area contributed by atoms with E-state index in [0.717, 1.165) is 5.56 Å². The summed E-state index contributed by atoms with van der Waals surface area (Å²) in [4.78, 5) is 27.9. The van der Waals surface area contributed by atoms with E-state index >= 15 is 0 Å². The first kappa shape index (κ1) is 18.7. The van der Waals surface area contributed by atoms with E-state index in [1.54, 1.807) is 31.2 Å². The van der Waals surface area contributed by atoms with Gasteiger partial charge in [-0.3, -0.25) is 4.98 Å². The van der Waals surface area contributed by atoms with Crippen molar-refractivity contribution < 1.29 is 19.4 Å². The van der Waals surface area contributed by atoms with Gasteiger partial charge in [0.1, 0.15) is 5.56 Å². The summed E-state index contributed by atoms with van der Waals surface area (Å²) in [5, 5.41) is 15.4. The molecule has 3 rings (SSSR count). The van der Waals surface area contributed by atoms with Crippen LogP contribution in [0, 0.1) is 6.92 Å². The molecule has 0 fully saturated rings. The molecule has 0 aliphatic heterocycles. The molecule has 7 heteroatoms. The first-order valence-electron chi connectivity index (χ1n) is 8.25. The van der Waals surface area contributed by atoms with Gasteiger partial charge in [0.15, 0.2) is 0 Å². The highest BCUT2D eigenvalue weighted by Crippen LogP contribution is 2.33. The lowest BCUT2D eigenvalue weighted by molar-refractivity contribution is -0.255. The van der Waals surface area contributed by atoms with Crippen molar-refractivity contribution in [3.63, 3.8) is 0 Å². The molecular weight excluding hydrogens is 368 g/mol. The van der Waals surface area contributed by atoms with Crippen LogP contribution in [0.3, 0.4) is 0 Å². The third-order valence-electron chi connectivity index (χ3n) is 3.99. The number of hydrogen-bond donors (Lipinski definition) is 1. The summed E-state index contributed by atoms with van der Waals surface area (Å²) in [6, 6.07) is 9.60. The number of anilines is 2. The number of halogens is 1. The molecular formula is C20H16ClN2O4-. The topological polar surface area (TPSA) is 91.3 Å². The van der Waals surface area contributed by atoms with Crippen molar-refractivity contribution in [1.29, 1.82) is 0 Å². The number of carboxylic acids is 1. The van der Waals surface area contributed by atoms with Gasteiger partial charge in [-0.05, 0) is 49.2 Å². The maximum atomic E-state index is 12.4. The number of aromatic nitrogens is 1. The standard InChI is InChI=1S/C20H17ClN2O4/c1-3-27-20(26)16-10-22-17-11(2)7-13(21)9-15(17)18(16)23-14-6-4-5-12(8-14)19(24)25/h4-10H,3H2,1-2H3,(H,22,23)(H,24,25)/p-1. The zero-order chi connectivity index (χ0) is 19.6. The van der Waals surface area contributed by atoms with Crippen molar-refractivity contribution >= 4 is 45.8 Å². The Morgan fingerprint density at radius 2 is 2.04 bits per heavy atom. The minimum absolute atomic E-state index is 0.0188. The number of benzene rings is 2. The number of hydrogen-bond acceptors (Lipinski definition) is 6. The van der Waals surface area contributed by atoms with Gasteiger partial charge in [0.05, 0.1) is 23.8 Å². The number of esters is 1. The average molecular weight is 384 g/mol. The first-order chi connectivity index (χ1) is 12.9. The summed E-state index contributed by atoms with van der Waals surface area (Å²) < 4.78 is 5.12. The van der Waals surface area contributed by atoms with Gasteiger partial charge < -0.3 is 20.0 Å². The van der Waals surface area contributed by atoms with Crippen LogP contribution < -0.4 is 10.4 Å². The molecule has 0 saturated carbocycles. The Bertz CT molecular complexity index is 1050. The maximum absolute atomic E-state index is 12.4. The monoisotopic (exact) mass is 383 g/mol. The Balaban J connectivity index is 2.21. The second kappa shape index (κ2) is 7.63. The fourth-order valence-electron chi connectivity index (χ4n) is 2.80. The van der Waals surface area contributed by atoms with E-state index in [-0.39, 0.29) is 17.7 Å². The van der Waals surface area contributed by atoms with Crippen molar-refractivity contribution in [3.8, 4) is 0 Å². The number of aromatic carboxylic acids is 1. The molecule has 0 saturated heterocycles. The Morgan fingerprint density at radius 3 is 2.74 bits per heavy atom. The molecule has 0 aliphatic carbocycles. The van der Waals surface area contributed by atoms with Gasteiger partial charge in [-0.15, -0.1) is 0 Å². The number of nitrogens with one attached hydrogen (secondary N) is 1. The highest BCUT2D eigenvalue weighted by Gasteiger charge is 2.18. The van der Waals surface area contributed by atoms with E-state index in [9.17, 15) is 14.7 Å². The molecule has 0 aliphatic rings. The lowest BCUT2D eigenvalue weighted by atomic mass is 10.1. The van der Waals surface area contributed by atoms with Crippen LogP contribution in [0.1, 0.15) is 33.2 Å². The lowest BCUT2D eigenvalue weighted by Gasteiger charge is -2.16. The predicted octanol–water partition coefficient (Wildman–Crippen LogP) is 3.48. The normalized spacial score (nSPS) is 10.6. The number of carbonyl (C=O) groups is 2. The van der Waals surface area contributed by atoms with Crippen LogP contribution in [0.2, 0.25) is 5.02 Å². The van der Waals surface area contributed by atoms with E-state index < -0.39 is 11.9 Å². The molecule has 0 spiro atoms. The van der Waals surface area contributed by atoms with Crippen LogP contribution >= 0.6 is 11.6 Å². The summed E-state index contributed by atoms with van der Waals surface area (Å²) >= 11 is 6.20. The first-order valence-corrected chi connectivity index (χ1v) is 8.63. The molecule has 138 valence electrons. The molecule has 0 atom stereocenters. The second-order valence-electron chi connectivity index (χ2n) is 5.88. The summed E-state index contributed by atoms with van der Waals surface area (Å²) in [7, 11) is 0. The number of aryl methyl sites for hydroxylation is 1. The number of carbonyl (C=O) groups excluding carboxylic acids is 2. The molecule has 0 radical (unpaired) electrons. The molecule has 0 bridgehead atoms. The highest BCUT2D eigenvalue weighted by atomic mass is 35.5. The van der Waals surface area contributed by atoms with E-state index in [4.69, 9.17) is 16.3 Å². The van der Waals surface area contributed by atoms with Gasteiger partial charge in [-0.25, -0.2) is 4.79 Å². The quantitative estimate of drug-likeness (QED) is 0.678. The van der Waals surface area contributed by atoms with Crippen LogP contribution in [0.15, 0.2) is 42.6 Å². The van der Waals surface area contributed by atoms with Crippen LogP contribution in [0.5, 0.6) is 0 Å². The van der Waals surface area contributed by atoms with Crippen LogP contribution in [0.4, 0.5) is 11.4 Å². The molecule has 2 aromatic carbocycles. The Kier molecular flexibility index (Phi) is 5.28. The fourth-order valence-corrected chi connectivity index (χ4v) is 3.08. The number of carboxylic acid groups (broad SMARTS) is 1. The number of pyridine rings is 1. The van der Waals surface area contributed by atoms with Gasteiger partial charge in [-0.1, -0.05) is 23.7 Å². The average Bonchev–Trinajstić information content (AvgIpc) is 2.62. The SMILES string of the molecule is CCOC(=O)c1cnc2c(C)cc(Cl)cc2c1Nc1cccc(C(=O)[O-])c1. The second-order valence-corrected chi connectivity index (χ2v) is 6.32. The van der Waals surface area contributed by atoms with Gasteiger partial charge in [0.25, 0.3) is 0 Å². The lowest BCUT2D eigenvalue weighted by Crippen LogP contribution is -2.22. The van der Waals surface area contributed by atoms with Crippen molar-refractivity contribution in [2.45, 2.75) is 13.8 Å². The van der Waals surface area contributed by atoms with Crippen molar-refractivity contribution in [2.24, 2.45) is 0 Å². The molecule has 0 unspecified atom stereocenters. The minimum atomic E-state index is -1.29. The highest BCUT2D eigenvalue weighted by molar-refractivity contribution is 6.31. The molecule has 1 N–H and O–H groups in total. The summed E-state index contributed by atoms with van der Waals surface area (Å²) in [5.41, 5.74) is 2.69. The molecule has 1 heterocycles. The van der Waals surface area contributed by atoms with Gasteiger partial charge >= 0.3 is 5.97 Å². The Morgan fingerprint density at radius 1 is 1.26 bits per heavy atom. The molecule has 0 amide bonds. The van der Waals surface area contributed by atoms with E-state index in [2.05, 4.69) is 10.3 Å². The number of rotatable bonds is 5. The van der Waals surface area contributed by atoms with Crippen LogP contribution in [-0.4, -0.2) is 23.5 Å². The largest absolute Gasteiger partial charge is 0.545 e. The molecule has 6 nitrogen and oxygen atoms in total. The van der Waals surface area contributed by atoms with E-state index in [0.29, 0.717) is 27.3 Å². The van der Waals surface area contributed by atoms with Crippen molar-refractivity contribution in [3.05, 3.63) is 64.3 Å². The number of nitrogens with zero attached hydrogens (tertiary/aromatic N) is 1. The van der Waals surface area contributed by atoms with Gasteiger partial charge in [0, 0.05) is 22.3 Å². The third-order valence-corrected chi connectivity index (χ3v) is 4.21. The van der Waals surface area contributed by atoms with Crippen LogP contribution in [-0.2, 0) is 4.74 Å². The third kappa shape index (κ3) is 3.85. The molecule has 27 heavy (non-hydrogen) atoms. The number of fused-ring (bicyclic) bond motifs is 1.